The highest BCUT2D eigenvalue weighted by molar-refractivity contribution is 5.48. The molecule has 0 aliphatic carbocycles. The van der Waals surface area contributed by atoms with Gasteiger partial charge in [-0.1, -0.05) is 0 Å². The minimum atomic E-state index is 0.181. The summed E-state index contributed by atoms with van der Waals surface area (Å²) in [6.45, 7) is 3.26. The molecule has 0 bridgehead atoms. The predicted molar refractivity (Wildman–Crippen MR) is 68.8 cm³/mol. The van der Waals surface area contributed by atoms with Gasteiger partial charge in [-0.05, 0) is 43.7 Å². The van der Waals surface area contributed by atoms with E-state index in [1.54, 1.807) is 0 Å². The van der Waals surface area contributed by atoms with Crippen LogP contribution in [0.25, 0.3) is 0 Å². The van der Waals surface area contributed by atoms with Gasteiger partial charge < -0.3 is 14.8 Å². The van der Waals surface area contributed by atoms with Crippen molar-refractivity contribution in [3.05, 3.63) is 23.3 Å². The highest BCUT2D eigenvalue weighted by Crippen LogP contribution is 2.35. The second-order valence-electron chi connectivity index (χ2n) is 4.39. The second kappa shape index (κ2) is 5.74. The molecule has 1 aliphatic rings. The van der Waals surface area contributed by atoms with Crippen molar-refractivity contribution in [3.8, 4) is 17.6 Å². The number of nitrogens with zero attached hydrogens (tertiary/aromatic N) is 1. The van der Waals surface area contributed by atoms with Crippen LogP contribution in [0.3, 0.4) is 0 Å². The topological polar surface area (TPSA) is 54.3 Å². The number of hydrogen-bond donors (Lipinski definition) is 1. The van der Waals surface area contributed by atoms with Gasteiger partial charge in [-0.15, -0.1) is 0 Å². The Hall–Kier alpha value is -1.73. The van der Waals surface area contributed by atoms with Gasteiger partial charge in [0.15, 0.2) is 11.5 Å². The van der Waals surface area contributed by atoms with Gasteiger partial charge in [0.25, 0.3) is 0 Å². The molecule has 1 atom stereocenters. The van der Waals surface area contributed by atoms with E-state index >= 15 is 0 Å². The minimum Gasteiger partial charge on any atom is -0.486 e. The third-order valence-electron chi connectivity index (χ3n) is 3.20. The van der Waals surface area contributed by atoms with E-state index in [-0.39, 0.29) is 6.04 Å². The molecule has 4 nitrogen and oxygen atoms in total. The van der Waals surface area contributed by atoms with E-state index < -0.39 is 0 Å². The van der Waals surface area contributed by atoms with E-state index in [2.05, 4.69) is 18.3 Å². The molecule has 0 radical (unpaired) electrons. The molecule has 2 rings (SSSR count). The Bertz CT molecular complexity index is 466. The normalized spacial score (nSPS) is 14.9. The maximum absolute atomic E-state index is 8.70. The van der Waals surface area contributed by atoms with Crippen molar-refractivity contribution in [1.82, 2.24) is 5.32 Å². The Balaban J connectivity index is 2.29. The van der Waals surface area contributed by atoms with Crippen LogP contribution in [-0.2, 0) is 0 Å². The summed E-state index contributed by atoms with van der Waals surface area (Å²) in [5.41, 5.74) is 2.34. The van der Waals surface area contributed by atoms with Crippen LogP contribution >= 0.6 is 0 Å². The summed E-state index contributed by atoms with van der Waals surface area (Å²) in [5, 5.41) is 11.9. The summed E-state index contributed by atoms with van der Waals surface area (Å²) in [7, 11) is 1.91. The molecule has 1 N–H and O–H groups in total. The Morgan fingerprint density at radius 3 is 2.61 bits per heavy atom. The Morgan fingerprint density at radius 2 is 2.00 bits per heavy atom. The summed E-state index contributed by atoms with van der Waals surface area (Å²) < 4.78 is 11.2. The van der Waals surface area contributed by atoms with E-state index in [4.69, 9.17) is 14.7 Å². The molecule has 0 spiro atoms. The highest BCUT2D eigenvalue weighted by atomic mass is 16.6. The third kappa shape index (κ3) is 2.57. The standard InChI is InChI=1S/C14H18N2O2/c1-10-8-13-14(18-7-6-17-13)9-11(10)12(16-2)4-3-5-15/h8-9,12,16H,3-4,6-7H2,1-2H3. The first kappa shape index (κ1) is 12.7. The Labute approximate surface area is 108 Å². The number of fused-ring (bicyclic) bond motifs is 1. The number of hydrogen-bond acceptors (Lipinski definition) is 4. The van der Waals surface area contributed by atoms with Crippen LogP contribution in [0, 0.1) is 18.3 Å². The predicted octanol–water partition coefficient (Wildman–Crippen LogP) is 2.33. The lowest BCUT2D eigenvalue weighted by Crippen LogP contribution is -2.19. The summed E-state index contributed by atoms with van der Waals surface area (Å²) in [5.74, 6) is 1.62. The zero-order chi connectivity index (χ0) is 13.0. The molecule has 18 heavy (non-hydrogen) atoms. The molecule has 1 aliphatic heterocycles. The number of ether oxygens (including phenoxy) is 2. The van der Waals surface area contributed by atoms with E-state index in [1.165, 1.54) is 5.56 Å². The fourth-order valence-corrected chi connectivity index (χ4v) is 2.25. The molecule has 0 saturated carbocycles. The van der Waals surface area contributed by atoms with Crippen LogP contribution in [-0.4, -0.2) is 20.3 Å². The van der Waals surface area contributed by atoms with Crippen molar-refractivity contribution < 1.29 is 9.47 Å². The smallest absolute Gasteiger partial charge is 0.161 e. The summed E-state index contributed by atoms with van der Waals surface area (Å²) in [4.78, 5) is 0. The Morgan fingerprint density at radius 1 is 1.33 bits per heavy atom. The maximum atomic E-state index is 8.70. The molecule has 1 heterocycles. The van der Waals surface area contributed by atoms with E-state index in [9.17, 15) is 0 Å². The fraction of sp³-hybridized carbons (Fsp3) is 0.500. The van der Waals surface area contributed by atoms with E-state index in [0.29, 0.717) is 19.6 Å². The zero-order valence-electron chi connectivity index (χ0n) is 10.8. The van der Waals surface area contributed by atoms with Crippen LogP contribution in [0.15, 0.2) is 12.1 Å². The number of benzene rings is 1. The minimum absolute atomic E-state index is 0.181. The average molecular weight is 246 g/mol. The number of nitriles is 1. The SMILES string of the molecule is CNC(CCC#N)c1cc2c(cc1C)OCCO2. The van der Waals surface area contributed by atoms with Gasteiger partial charge in [-0.3, -0.25) is 0 Å². The maximum Gasteiger partial charge on any atom is 0.161 e. The van der Waals surface area contributed by atoms with E-state index in [1.807, 2.05) is 19.2 Å². The quantitative estimate of drug-likeness (QED) is 0.886. The van der Waals surface area contributed by atoms with Gasteiger partial charge in [-0.2, -0.15) is 5.26 Å². The highest BCUT2D eigenvalue weighted by Gasteiger charge is 2.18. The molecule has 96 valence electrons. The lowest BCUT2D eigenvalue weighted by Gasteiger charge is -2.23. The van der Waals surface area contributed by atoms with Crippen LogP contribution in [0.2, 0.25) is 0 Å². The summed E-state index contributed by atoms with van der Waals surface area (Å²) >= 11 is 0. The lowest BCUT2D eigenvalue weighted by molar-refractivity contribution is 0.171. The van der Waals surface area contributed by atoms with Gasteiger partial charge in [0, 0.05) is 12.5 Å². The molecule has 1 aromatic rings. The number of nitrogens with one attached hydrogen (secondary N) is 1. The monoisotopic (exact) mass is 246 g/mol. The fourth-order valence-electron chi connectivity index (χ4n) is 2.25. The van der Waals surface area contributed by atoms with Gasteiger partial charge >= 0.3 is 0 Å². The first-order chi connectivity index (χ1) is 8.76. The molecular weight excluding hydrogens is 228 g/mol. The third-order valence-corrected chi connectivity index (χ3v) is 3.20. The first-order valence-electron chi connectivity index (χ1n) is 6.20. The second-order valence-corrected chi connectivity index (χ2v) is 4.39. The first-order valence-corrected chi connectivity index (χ1v) is 6.20. The summed E-state index contributed by atoms with van der Waals surface area (Å²) in [6, 6.07) is 6.41. The van der Waals surface area contributed by atoms with Gasteiger partial charge in [0.1, 0.15) is 13.2 Å². The van der Waals surface area contributed by atoms with Gasteiger partial charge in [0.2, 0.25) is 0 Å². The number of aryl methyl sites for hydroxylation is 1. The summed E-state index contributed by atoms with van der Waals surface area (Å²) in [6.07, 6.45) is 1.34. The van der Waals surface area contributed by atoms with Gasteiger partial charge in [0.05, 0.1) is 6.07 Å². The zero-order valence-corrected chi connectivity index (χ0v) is 10.8. The molecule has 0 saturated heterocycles. The largest absolute Gasteiger partial charge is 0.486 e. The van der Waals surface area contributed by atoms with Crippen molar-refractivity contribution in [1.29, 1.82) is 5.26 Å². The molecule has 0 fully saturated rings. The van der Waals surface area contributed by atoms with Crippen molar-refractivity contribution >= 4 is 0 Å². The molecule has 0 amide bonds. The molecule has 1 unspecified atom stereocenters. The molecule has 1 aromatic carbocycles. The van der Waals surface area contributed by atoms with Gasteiger partial charge in [-0.25, -0.2) is 0 Å². The van der Waals surface area contributed by atoms with Crippen LogP contribution in [0.1, 0.15) is 30.0 Å². The van der Waals surface area contributed by atoms with Crippen LogP contribution in [0.4, 0.5) is 0 Å². The average Bonchev–Trinajstić information content (AvgIpc) is 2.40. The molecular formula is C14H18N2O2. The molecule has 0 aromatic heterocycles. The van der Waals surface area contributed by atoms with Crippen molar-refractivity contribution in [2.24, 2.45) is 0 Å². The van der Waals surface area contributed by atoms with Crippen molar-refractivity contribution in [3.63, 3.8) is 0 Å². The van der Waals surface area contributed by atoms with E-state index in [0.717, 1.165) is 23.5 Å². The Kier molecular flexibility index (Phi) is 4.06. The van der Waals surface area contributed by atoms with Crippen molar-refractivity contribution in [2.75, 3.05) is 20.3 Å². The lowest BCUT2D eigenvalue weighted by atomic mass is 9.97. The van der Waals surface area contributed by atoms with Crippen molar-refractivity contribution in [2.45, 2.75) is 25.8 Å². The molecule has 4 heteroatoms. The van der Waals surface area contributed by atoms with Crippen LogP contribution < -0.4 is 14.8 Å². The van der Waals surface area contributed by atoms with Crippen LogP contribution in [0.5, 0.6) is 11.5 Å². The number of rotatable bonds is 4.